The number of carbonyl (C=O) groups is 2. The summed E-state index contributed by atoms with van der Waals surface area (Å²) in [5.41, 5.74) is 2.06. The van der Waals surface area contributed by atoms with Crippen LogP contribution >= 0.6 is 11.3 Å². The molecule has 0 spiro atoms. The molecule has 0 aliphatic carbocycles. The van der Waals surface area contributed by atoms with Crippen molar-refractivity contribution in [2.24, 2.45) is 5.92 Å². The molecule has 0 radical (unpaired) electrons. The van der Waals surface area contributed by atoms with Crippen molar-refractivity contribution in [3.05, 3.63) is 52.2 Å². The highest BCUT2D eigenvalue weighted by molar-refractivity contribution is 7.10. The summed E-state index contributed by atoms with van der Waals surface area (Å²) in [6.45, 7) is 3.75. The molecule has 4 rings (SSSR count). The number of likely N-dealkylation sites (tertiary alicyclic amines) is 1. The number of rotatable bonds is 3. The smallest absolute Gasteiger partial charge is 0.228 e. The fraction of sp³-hybridized carbons (Fsp3) is 0.478. The van der Waals surface area contributed by atoms with E-state index in [1.54, 1.807) is 11.3 Å². The molecule has 2 amide bonds. The van der Waals surface area contributed by atoms with Crippen LogP contribution < -0.4 is 4.90 Å². The zero-order valence-corrected chi connectivity index (χ0v) is 17.3. The summed E-state index contributed by atoms with van der Waals surface area (Å²) >= 11 is 1.64. The van der Waals surface area contributed by atoms with Crippen molar-refractivity contribution in [3.63, 3.8) is 0 Å². The van der Waals surface area contributed by atoms with Gasteiger partial charge in [-0.3, -0.25) is 9.59 Å². The first-order valence-electron chi connectivity index (χ1n) is 10.4. The van der Waals surface area contributed by atoms with E-state index in [9.17, 15) is 9.59 Å². The first-order chi connectivity index (χ1) is 13.6. The minimum atomic E-state index is -0.209. The van der Waals surface area contributed by atoms with Gasteiger partial charge in [0.2, 0.25) is 11.8 Å². The summed E-state index contributed by atoms with van der Waals surface area (Å²) in [6.07, 6.45) is 5.65. The van der Waals surface area contributed by atoms with Gasteiger partial charge in [0.1, 0.15) is 0 Å². The number of piperidine rings is 1. The van der Waals surface area contributed by atoms with E-state index in [4.69, 9.17) is 0 Å². The van der Waals surface area contributed by atoms with Crippen molar-refractivity contribution >= 4 is 28.8 Å². The lowest BCUT2D eigenvalue weighted by Crippen LogP contribution is -2.49. The van der Waals surface area contributed by atoms with Gasteiger partial charge in [0, 0.05) is 30.1 Å². The molecule has 2 aliphatic heterocycles. The number of hydrogen-bond donors (Lipinski definition) is 0. The van der Waals surface area contributed by atoms with Crippen molar-refractivity contribution < 1.29 is 9.59 Å². The van der Waals surface area contributed by atoms with Gasteiger partial charge >= 0.3 is 0 Å². The molecule has 2 atom stereocenters. The van der Waals surface area contributed by atoms with E-state index in [1.165, 1.54) is 12.8 Å². The molecule has 2 fully saturated rings. The Labute approximate surface area is 171 Å². The fourth-order valence-electron chi connectivity index (χ4n) is 4.47. The molecular formula is C23H28N2O2S. The lowest BCUT2D eigenvalue weighted by Gasteiger charge is -2.41. The molecule has 0 bridgehead atoms. The summed E-state index contributed by atoms with van der Waals surface area (Å²) in [5.74, 6) is 0.169. The summed E-state index contributed by atoms with van der Waals surface area (Å²) < 4.78 is 0. The predicted octanol–water partition coefficient (Wildman–Crippen LogP) is 4.94. The quantitative estimate of drug-likeness (QED) is 0.737. The van der Waals surface area contributed by atoms with Crippen molar-refractivity contribution in [1.82, 2.24) is 4.90 Å². The van der Waals surface area contributed by atoms with Gasteiger partial charge in [0.05, 0.1) is 12.0 Å². The molecule has 2 aliphatic rings. The van der Waals surface area contributed by atoms with E-state index in [2.05, 4.69) is 11.0 Å². The third kappa shape index (κ3) is 3.86. The van der Waals surface area contributed by atoms with E-state index in [1.807, 2.05) is 47.5 Å². The van der Waals surface area contributed by atoms with Crippen LogP contribution in [-0.4, -0.2) is 29.8 Å². The molecule has 4 nitrogen and oxygen atoms in total. The number of hydrogen-bond acceptors (Lipinski definition) is 3. The van der Waals surface area contributed by atoms with Gasteiger partial charge in [-0.2, -0.15) is 0 Å². The van der Waals surface area contributed by atoms with Crippen LogP contribution in [0.1, 0.15) is 55.0 Å². The molecule has 1 aromatic carbocycles. The van der Waals surface area contributed by atoms with Crippen LogP contribution in [0, 0.1) is 12.8 Å². The zero-order chi connectivity index (χ0) is 19.5. The molecule has 5 heteroatoms. The number of aryl methyl sites for hydroxylation is 1. The Bertz CT molecular complexity index is 808. The van der Waals surface area contributed by atoms with Crippen LogP contribution in [0.25, 0.3) is 0 Å². The second-order valence-corrected chi connectivity index (χ2v) is 8.92. The van der Waals surface area contributed by atoms with Gasteiger partial charge in [0.15, 0.2) is 0 Å². The van der Waals surface area contributed by atoms with E-state index in [0.717, 1.165) is 42.1 Å². The number of carbonyl (C=O) groups excluding carboxylic acids is 2. The second-order valence-electron chi connectivity index (χ2n) is 7.94. The third-order valence-electron chi connectivity index (χ3n) is 5.98. The average Bonchev–Trinajstić information content (AvgIpc) is 3.10. The van der Waals surface area contributed by atoms with Gasteiger partial charge in [-0.15, -0.1) is 11.3 Å². The molecule has 0 unspecified atom stereocenters. The highest BCUT2D eigenvalue weighted by Crippen LogP contribution is 2.42. The topological polar surface area (TPSA) is 40.6 Å². The van der Waals surface area contributed by atoms with Gasteiger partial charge in [0.25, 0.3) is 0 Å². The Kier molecular flexibility index (Phi) is 5.81. The molecule has 28 heavy (non-hydrogen) atoms. The van der Waals surface area contributed by atoms with Crippen LogP contribution in [-0.2, 0) is 9.59 Å². The maximum Gasteiger partial charge on any atom is 0.228 e. The number of thiophene rings is 1. The Morgan fingerprint density at radius 2 is 1.75 bits per heavy atom. The Hall–Kier alpha value is -2.14. The van der Waals surface area contributed by atoms with Crippen LogP contribution in [0.3, 0.4) is 0 Å². The zero-order valence-electron chi connectivity index (χ0n) is 16.5. The fourth-order valence-corrected chi connectivity index (χ4v) is 5.35. The second kappa shape index (κ2) is 8.48. The van der Waals surface area contributed by atoms with Gasteiger partial charge in [-0.25, -0.2) is 0 Å². The van der Waals surface area contributed by atoms with Crippen LogP contribution in [0.15, 0.2) is 41.8 Å². The molecule has 1 aromatic heterocycles. The van der Waals surface area contributed by atoms with Crippen LogP contribution in [0.4, 0.5) is 5.69 Å². The standard InChI is InChI=1S/C23H28N2O2S/c1-17-8-10-18(11-9-17)25-21(26)13-12-19(22(25)20-7-6-16-28-20)23(27)24-14-4-2-3-5-15-24/h6-11,16,19,22H,2-5,12-15H2,1H3/t19-,22-/m1/s1. The lowest BCUT2D eigenvalue weighted by atomic mass is 9.85. The molecule has 0 saturated carbocycles. The number of nitrogens with zero attached hydrogens (tertiary/aromatic N) is 2. The minimum Gasteiger partial charge on any atom is -0.342 e. The summed E-state index contributed by atoms with van der Waals surface area (Å²) in [4.78, 5) is 31.6. The highest BCUT2D eigenvalue weighted by atomic mass is 32.1. The average molecular weight is 397 g/mol. The summed E-state index contributed by atoms with van der Waals surface area (Å²) in [6, 6.07) is 12.0. The maximum atomic E-state index is 13.5. The van der Waals surface area contributed by atoms with E-state index >= 15 is 0 Å². The maximum absolute atomic E-state index is 13.5. The minimum absolute atomic E-state index is 0.113. The van der Waals surface area contributed by atoms with E-state index < -0.39 is 0 Å². The normalized spacial score (nSPS) is 23.5. The molecule has 3 heterocycles. The SMILES string of the molecule is Cc1ccc(N2C(=O)CC[C@@H](C(=O)N3CCCCCC3)[C@@H]2c2cccs2)cc1. The van der Waals surface area contributed by atoms with Gasteiger partial charge in [-0.05, 0) is 49.8 Å². The summed E-state index contributed by atoms with van der Waals surface area (Å²) in [7, 11) is 0. The van der Waals surface area contributed by atoms with Crippen molar-refractivity contribution in [1.29, 1.82) is 0 Å². The van der Waals surface area contributed by atoms with Crippen LogP contribution in [0.2, 0.25) is 0 Å². The molecule has 2 saturated heterocycles. The molecule has 2 aromatic rings. The molecular weight excluding hydrogens is 368 g/mol. The van der Waals surface area contributed by atoms with Crippen LogP contribution in [0.5, 0.6) is 0 Å². The Balaban J connectivity index is 1.70. The molecule has 0 N–H and O–H groups in total. The first kappa shape index (κ1) is 19.2. The van der Waals surface area contributed by atoms with E-state index in [0.29, 0.717) is 12.8 Å². The highest BCUT2D eigenvalue weighted by Gasteiger charge is 2.43. The predicted molar refractivity (Wildman–Crippen MR) is 113 cm³/mol. The third-order valence-corrected chi connectivity index (χ3v) is 6.92. The van der Waals surface area contributed by atoms with Crippen molar-refractivity contribution in [2.75, 3.05) is 18.0 Å². The number of anilines is 1. The van der Waals surface area contributed by atoms with Gasteiger partial charge < -0.3 is 9.80 Å². The first-order valence-corrected chi connectivity index (χ1v) is 11.2. The molecule has 148 valence electrons. The monoisotopic (exact) mass is 396 g/mol. The largest absolute Gasteiger partial charge is 0.342 e. The lowest BCUT2D eigenvalue weighted by molar-refractivity contribution is -0.138. The summed E-state index contributed by atoms with van der Waals surface area (Å²) in [5, 5.41) is 2.04. The van der Waals surface area contributed by atoms with Crippen molar-refractivity contribution in [2.45, 2.75) is 51.5 Å². The number of amides is 2. The van der Waals surface area contributed by atoms with Gasteiger partial charge in [-0.1, -0.05) is 36.6 Å². The number of benzene rings is 1. The Morgan fingerprint density at radius 3 is 2.39 bits per heavy atom. The Morgan fingerprint density at radius 1 is 1.04 bits per heavy atom. The van der Waals surface area contributed by atoms with E-state index in [-0.39, 0.29) is 23.8 Å². The van der Waals surface area contributed by atoms with Crippen molar-refractivity contribution in [3.8, 4) is 0 Å².